The van der Waals surface area contributed by atoms with E-state index in [4.69, 9.17) is 11.6 Å². The third-order valence-corrected chi connectivity index (χ3v) is 3.79. The minimum atomic E-state index is -0.0661. The fourth-order valence-electron chi connectivity index (χ4n) is 2.11. The van der Waals surface area contributed by atoms with Gasteiger partial charge >= 0.3 is 0 Å². The highest BCUT2D eigenvalue weighted by atomic mass is 35.5. The van der Waals surface area contributed by atoms with Crippen LogP contribution >= 0.6 is 11.6 Å². The topological polar surface area (TPSA) is 37.4 Å². The summed E-state index contributed by atoms with van der Waals surface area (Å²) in [5.41, 5.74) is 1.54. The number of halogens is 1. The summed E-state index contributed by atoms with van der Waals surface area (Å²) in [6.45, 7) is 4.78. The molecular weight excluding hydrogens is 250 g/mol. The van der Waals surface area contributed by atoms with E-state index in [1.165, 1.54) is 0 Å². The van der Waals surface area contributed by atoms with Crippen molar-refractivity contribution in [2.75, 3.05) is 13.1 Å². The van der Waals surface area contributed by atoms with Gasteiger partial charge in [0.25, 0.3) is 5.91 Å². The van der Waals surface area contributed by atoms with Crippen molar-refractivity contribution in [2.45, 2.75) is 20.3 Å². The number of benzene rings is 1. The molecule has 0 saturated carbocycles. The van der Waals surface area contributed by atoms with Crippen LogP contribution in [0.1, 0.15) is 29.3 Å². The van der Waals surface area contributed by atoms with Gasteiger partial charge in [-0.15, -0.1) is 0 Å². The van der Waals surface area contributed by atoms with Crippen LogP contribution in [-0.4, -0.2) is 29.7 Å². The van der Waals surface area contributed by atoms with Crippen molar-refractivity contribution in [3.05, 3.63) is 34.3 Å². The van der Waals surface area contributed by atoms with Crippen molar-refractivity contribution in [1.82, 2.24) is 4.90 Å². The van der Waals surface area contributed by atoms with E-state index in [2.05, 4.69) is 0 Å². The summed E-state index contributed by atoms with van der Waals surface area (Å²) in [5.74, 6) is 0.126. The number of ketones is 1. The van der Waals surface area contributed by atoms with Gasteiger partial charge in [0.2, 0.25) is 0 Å². The van der Waals surface area contributed by atoms with Gasteiger partial charge in [-0.2, -0.15) is 0 Å². The molecule has 0 radical (unpaired) electrons. The zero-order chi connectivity index (χ0) is 13.3. The fourth-order valence-corrected chi connectivity index (χ4v) is 2.29. The molecule has 1 aliphatic rings. The molecule has 1 aromatic rings. The van der Waals surface area contributed by atoms with Crippen LogP contribution in [0.4, 0.5) is 0 Å². The first-order valence-corrected chi connectivity index (χ1v) is 6.45. The first-order chi connectivity index (χ1) is 8.49. The molecule has 1 aliphatic heterocycles. The van der Waals surface area contributed by atoms with Crippen LogP contribution in [-0.2, 0) is 4.79 Å². The summed E-state index contributed by atoms with van der Waals surface area (Å²) in [4.78, 5) is 25.4. The highest BCUT2D eigenvalue weighted by Gasteiger charge is 2.27. The van der Waals surface area contributed by atoms with Crippen LogP contribution in [0.2, 0.25) is 5.02 Å². The van der Waals surface area contributed by atoms with Crippen LogP contribution in [0.5, 0.6) is 0 Å². The summed E-state index contributed by atoms with van der Waals surface area (Å²) >= 11 is 6.02. The molecule has 1 fully saturated rings. The molecule has 0 aromatic heterocycles. The Morgan fingerprint density at radius 3 is 2.78 bits per heavy atom. The summed E-state index contributed by atoms with van der Waals surface area (Å²) in [5, 5.41) is 0.599. The monoisotopic (exact) mass is 265 g/mol. The number of hydrogen-bond donors (Lipinski definition) is 0. The Kier molecular flexibility index (Phi) is 3.71. The second kappa shape index (κ2) is 5.11. The molecule has 1 aromatic carbocycles. The number of piperidine rings is 1. The largest absolute Gasteiger partial charge is 0.337 e. The van der Waals surface area contributed by atoms with Gasteiger partial charge in [-0.1, -0.05) is 24.6 Å². The van der Waals surface area contributed by atoms with E-state index in [9.17, 15) is 9.59 Å². The molecule has 0 aliphatic carbocycles. The zero-order valence-electron chi connectivity index (χ0n) is 10.6. The first kappa shape index (κ1) is 13.1. The standard InChI is InChI=1S/C14H16ClNO2/c1-9-3-4-11(7-12(9)15)14(18)16-6-5-13(17)10(2)8-16/h3-4,7,10H,5-6,8H2,1-2H3. The van der Waals surface area contributed by atoms with Crippen LogP contribution in [0, 0.1) is 12.8 Å². The van der Waals surface area contributed by atoms with Crippen molar-refractivity contribution in [3.63, 3.8) is 0 Å². The smallest absolute Gasteiger partial charge is 0.253 e. The predicted octanol–water partition coefficient (Wildman–Crippen LogP) is 2.70. The van der Waals surface area contributed by atoms with Gasteiger partial charge < -0.3 is 4.90 Å². The SMILES string of the molecule is Cc1ccc(C(=O)N2CCC(=O)C(C)C2)cc1Cl. The van der Waals surface area contributed by atoms with E-state index in [1.807, 2.05) is 19.9 Å². The van der Waals surface area contributed by atoms with Crippen molar-refractivity contribution in [3.8, 4) is 0 Å². The van der Waals surface area contributed by atoms with Gasteiger partial charge in [0.1, 0.15) is 5.78 Å². The maximum absolute atomic E-state index is 12.3. The molecule has 3 nitrogen and oxygen atoms in total. The van der Waals surface area contributed by atoms with E-state index in [0.29, 0.717) is 30.1 Å². The molecular formula is C14H16ClNO2. The molecule has 1 saturated heterocycles. The lowest BCUT2D eigenvalue weighted by Gasteiger charge is -2.30. The Labute approximate surface area is 112 Å². The number of hydrogen-bond acceptors (Lipinski definition) is 2. The summed E-state index contributed by atoms with van der Waals surface area (Å²) in [6.07, 6.45) is 0.451. The normalized spacial score (nSPS) is 20.1. The molecule has 0 spiro atoms. The number of aryl methyl sites for hydroxylation is 1. The number of carbonyl (C=O) groups excluding carboxylic acids is 2. The zero-order valence-corrected chi connectivity index (χ0v) is 11.3. The first-order valence-electron chi connectivity index (χ1n) is 6.07. The fraction of sp³-hybridized carbons (Fsp3) is 0.429. The van der Waals surface area contributed by atoms with Gasteiger partial charge in [-0.25, -0.2) is 0 Å². The highest BCUT2D eigenvalue weighted by Crippen LogP contribution is 2.20. The number of Topliss-reactive ketones (excluding diaryl/α,β-unsaturated/α-hetero) is 1. The van der Waals surface area contributed by atoms with E-state index in [-0.39, 0.29) is 17.6 Å². The average Bonchev–Trinajstić information content (AvgIpc) is 2.35. The second-order valence-corrected chi connectivity index (χ2v) is 5.24. The Morgan fingerprint density at radius 2 is 2.17 bits per heavy atom. The molecule has 1 heterocycles. The van der Waals surface area contributed by atoms with E-state index in [1.54, 1.807) is 17.0 Å². The van der Waals surface area contributed by atoms with Crippen molar-refractivity contribution >= 4 is 23.3 Å². The van der Waals surface area contributed by atoms with Crippen molar-refractivity contribution < 1.29 is 9.59 Å². The molecule has 0 bridgehead atoms. The quantitative estimate of drug-likeness (QED) is 0.783. The van der Waals surface area contributed by atoms with Crippen molar-refractivity contribution in [1.29, 1.82) is 0 Å². The molecule has 1 atom stereocenters. The van der Waals surface area contributed by atoms with Gasteiger partial charge in [0, 0.05) is 36.0 Å². The number of rotatable bonds is 1. The Bertz CT molecular complexity index is 499. The number of likely N-dealkylation sites (tertiary alicyclic amines) is 1. The average molecular weight is 266 g/mol. The molecule has 96 valence electrons. The minimum absolute atomic E-state index is 0.0451. The minimum Gasteiger partial charge on any atom is -0.337 e. The number of amides is 1. The van der Waals surface area contributed by atoms with Crippen LogP contribution in [0.3, 0.4) is 0 Å². The summed E-state index contributed by atoms with van der Waals surface area (Å²) in [6, 6.07) is 5.32. The number of carbonyl (C=O) groups is 2. The van der Waals surface area contributed by atoms with E-state index in [0.717, 1.165) is 5.56 Å². The third kappa shape index (κ3) is 2.56. The summed E-state index contributed by atoms with van der Waals surface area (Å²) in [7, 11) is 0. The maximum atomic E-state index is 12.3. The van der Waals surface area contributed by atoms with Crippen LogP contribution < -0.4 is 0 Å². The van der Waals surface area contributed by atoms with E-state index >= 15 is 0 Å². The molecule has 2 rings (SSSR count). The Hall–Kier alpha value is -1.35. The van der Waals surface area contributed by atoms with Gasteiger partial charge in [-0.05, 0) is 24.6 Å². The second-order valence-electron chi connectivity index (χ2n) is 4.83. The lowest BCUT2D eigenvalue weighted by atomic mass is 9.98. The van der Waals surface area contributed by atoms with Crippen molar-refractivity contribution in [2.24, 2.45) is 5.92 Å². The maximum Gasteiger partial charge on any atom is 0.253 e. The highest BCUT2D eigenvalue weighted by molar-refractivity contribution is 6.31. The van der Waals surface area contributed by atoms with Crippen LogP contribution in [0.15, 0.2) is 18.2 Å². The lowest BCUT2D eigenvalue weighted by molar-refractivity contribution is -0.124. The Morgan fingerprint density at radius 1 is 1.44 bits per heavy atom. The lowest BCUT2D eigenvalue weighted by Crippen LogP contribution is -2.43. The summed E-state index contributed by atoms with van der Waals surface area (Å²) < 4.78 is 0. The predicted molar refractivity (Wildman–Crippen MR) is 70.9 cm³/mol. The number of nitrogens with zero attached hydrogens (tertiary/aromatic N) is 1. The van der Waals surface area contributed by atoms with Gasteiger partial charge in [-0.3, -0.25) is 9.59 Å². The van der Waals surface area contributed by atoms with Gasteiger partial charge in [0.05, 0.1) is 0 Å². The third-order valence-electron chi connectivity index (χ3n) is 3.38. The molecule has 0 N–H and O–H groups in total. The molecule has 1 amide bonds. The molecule has 4 heteroatoms. The molecule has 1 unspecified atom stereocenters. The molecule has 18 heavy (non-hydrogen) atoms. The van der Waals surface area contributed by atoms with E-state index < -0.39 is 0 Å². The van der Waals surface area contributed by atoms with Gasteiger partial charge in [0.15, 0.2) is 0 Å². The Balaban J connectivity index is 2.16. The van der Waals surface area contributed by atoms with Crippen LogP contribution in [0.25, 0.3) is 0 Å².